The van der Waals surface area contributed by atoms with E-state index in [0.717, 1.165) is 44.5 Å². The minimum absolute atomic E-state index is 0.649. The van der Waals surface area contributed by atoms with E-state index in [0.29, 0.717) is 33.4 Å². The number of benzene rings is 8. The van der Waals surface area contributed by atoms with Crippen LogP contribution in [0.15, 0.2) is 265 Å². The monoisotopic (exact) mass is 794 g/mol. The van der Waals surface area contributed by atoms with E-state index >= 15 is 0 Å². The first-order chi connectivity index (χ1) is 30.5. The van der Waals surface area contributed by atoms with E-state index in [2.05, 4.69) is 121 Å². The Morgan fingerprint density at radius 3 is 0.677 bits per heavy atom. The summed E-state index contributed by atoms with van der Waals surface area (Å²) < 4.78 is 0. The summed E-state index contributed by atoms with van der Waals surface area (Å²) in [5, 5.41) is 25.7. The molecule has 9 rings (SSSR count). The summed E-state index contributed by atoms with van der Waals surface area (Å²) in [6.45, 7) is 0. The van der Waals surface area contributed by atoms with Crippen LogP contribution in [-0.2, 0) is 11.2 Å². The molecule has 0 radical (unpaired) electrons. The van der Waals surface area contributed by atoms with Crippen LogP contribution in [0.3, 0.4) is 0 Å². The Morgan fingerprint density at radius 1 is 0.274 bits per heavy atom. The molecule has 0 amide bonds. The van der Waals surface area contributed by atoms with Gasteiger partial charge in [0.15, 0.2) is 11.2 Å². The maximum Gasteiger partial charge on any atom is 0.177 e. The van der Waals surface area contributed by atoms with E-state index in [1.165, 1.54) is 0 Å². The molecule has 2 N–H and O–H groups in total. The van der Waals surface area contributed by atoms with Crippen molar-refractivity contribution in [3.63, 3.8) is 0 Å². The highest BCUT2D eigenvalue weighted by Gasteiger charge is 2.38. The van der Waals surface area contributed by atoms with Crippen molar-refractivity contribution in [3.05, 3.63) is 309 Å². The van der Waals surface area contributed by atoms with Gasteiger partial charge >= 0.3 is 0 Å². The van der Waals surface area contributed by atoms with Gasteiger partial charge in [-0.3, -0.25) is 0 Å². The van der Waals surface area contributed by atoms with Crippen LogP contribution in [0.5, 0.6) is 0 Å². The van der Waals surface area contributed by atoms with E-state index in [9.17, 15) is 10.2 Å². The highest BCUT2D eigenvalue weighted by molar-refractivity contribution is 6.04. The van der Waals surface area contributed by atoms with Gasteiger partial charge in [0.05, 0.1) is 0 Å². The molecule has 1 aliphatic rings. The van der Waals surface area contributed by atoms with Crippen LogP contribution in [-0.4, -0.2) is 10.2 Å². The summed E-state index contributed by atoms with van der Waals surface area (Å²) in [5.74, 6) is 14.0. The minimum Gasteiger partial charge on any atom is -0.369 e. The van der Waals surface area contributed by atoms with Gasteiger partial charge < -0.3 is 10.2 Å². The van der Waals surface area contributed by atoms with Crippen LogP contribution in [0.1, 0.15) is 44.5 Å². The second-order valence-electron chi connectivity index (χ2n) is 15.1. The standard InChI is InChI=1S/C60H42O2/c61-59(49-33-17-5-18-34-49,50-35-19-6-20-36-50)43-41-53-54(42-44-60(62,51-37-21-7-22-38-51)52-39-23-8-24-40-52)58(56(47-29-13-3-14-30-47)48-31-15-4-16-32-48)57(53)55(45-25-9-1-10-26-45)46-27-11-2-12-28-46/h1-40,61-62H. The van der Waals surface area contributed by atoms with Gasteiger partial charge in [-0.2, -0.15) is 0 Å². The predicted molar refractivity (Wildman–Crippen MR) is 252 cm³/mol. The van der Waals surface area contributed by atoms with Crippen LogP contribution in [0.25, 0.3) is 11.1 Å². The number of allylic oxidation sites excluding steroid dienone is 4. The van der Waals surface area contributed by atoms with E-state index < -0.39 is 11.2 Å². The van der Waals surface area contributed by atoms with Gasteiger partial charge in [-0.1, -0.05) is 266 Å². The second kappa shape index (κ2) is 17.7. The van der Waals surface area contributed by atoms with Gasteiger partial charge in [0.1, 0.15) is 0 Å². The topological polar surface area (TPSA) is 40.5 Å². The number of hydrogen-bond donors (Lipinski definition) is 2. The summed E-state index contributed by atoms with van der Waals surface area (Å²) >= 11 is 0. The molecule has 62 heavy (non-hydrogen) atoms. The SMILES string of the molecule is OC(C#CC1=C(C#CC(O)(c2ccccc2)c2ccccc2)C(=C(c2ccccc2)c2ccccc2)C1=C(c1ccccc1)c1ccccc1)(c1ccccc1)c1ccccc1. The summed E-state index contributed by atoms with van der Waals surface area (Å²) in [6, 6.07) is 79.8. The fourth-order valence-electron chi connectivity index (χ4n) is 8.16. The molecule has 2 heteroatoms. The molecular formula is C60H42O2. The largest absolute Gasteiger partial charge is 0.369 e. The third-order valence-electron chi connectivity index (χ3n) is 11.3. The van der Waals surface area contributed by atoms with Crippen molar-refractivity contribution >= 4 is 11.1 Å². The zero-order chi connectivity index (χ0) is 42.2. The van der Waals surface area contributed by atoms with Crippen molar-refractivity contribution in [1.82, 2.24) is 0 Å². The third kappa shape index (κ3) is 7.77. The number of aliphatic hydroxyl groups is 2. The smallest absolute Gasteiger partial charge is 0.177 e. The van der Waals surface area contributed by atoms with Crippen LogP contribution < -0.4 is 0 Å². The second-order valence-corrected chi connectivity index (χ2v) is 15.1. The molecule has 1 aliphatic carbocycles. The fraction of sp³-hybridized carbons (Fsp3) is 0.0333. The minimum atomic E-state index is -1.67. The first-order valence-electron chi connectivity index (χ1n) is 20.7. The lowest BCUT2D eigenvalue weighted by molar-refractivity contribution is 0.145. The lowest BCUT2D eigenvalue weighted by Gasteiger charge is -2.33. The van der Waals surface area contributed by atoms with Crippen LogP contribution in [0, 0.1) is 23.7 Å². The zero-order valence-corrected chi connectivity index (χ0v) is 34.0. The van der Waals surface area contributed by atoms with Crippen molar-refractivity contribution in [2.24, 2.45) is 0 Å². The van der Waals surface area contributed by atoms with E-state index in [1.807, 2.05) is 146 Å². The van der Waals surface area contributed by atoms with E-state index in [1.54, 1.807) is 0 Å². The average molecular weight is 795 g/mol. The van der Waals surface area contributed by atoms with Gasteiger partial charge in [-0.05, 0) is 33.4 Å². The van der Waals surface area contributed by atoms with Crippen molar-refractivity contribution in [2.45, 2.75) is 11.2 Å². The molecular weight excluding hydrogens is 753 g/mol. The molecule has 0 unspecified atom stereocenters. The quantitative estimate of drug-likeness (QED) is 0.150. The summed E-state index contributed by atoms with van der Waals surface area (Å²) in [6.07, 6.45) is 0. The Morgan fingerprint density at radius 2 is 0.468 bits per heavy atom. The molecule has 0 fully saturated rings. The van der Waals surface area contributed by atoms with Crippen molar-refractivity contribution in [1.29, 1.82) is 0 Å². The molecule has 0 atom stereocenters. The predicted octanol–water partition coefficient (Wildman–Crippen LogP) is 12.2. The maximum absolute atomic E-state index is 12.9. The molecule has 0 spiro atoms. The number of hydrogen-bond acceptors (Lipinski definition) is 2. The number of rotatable bonds is 8. The Bertz CT molecular complexity index is 2650. The van der Waals surface area contributed by atoms with Crippen molar-refractivity contribution < 1.29 is 10.2 Å². The van der Waals surface area contributed by atoms with Gasteiger partial charge in [0.2, 0.25) is 0 Å². The highest BCUT2D eigenvalue weighted by Crippen LogP contribution is 2.51. The fourth-order valence-corrected chi connectivity index (χ4v) is 8.16. The Hall–Kier alpha value is -7.98. The molecule has 2 nitrogen and oxygen atoms in total. The molecule has 0 aliphatic heterocycles. The lowest BCUT2D eigenvalue weighted by Crippen LogP contribution is -2.26. The first-order valence-corrected chi connectivity index (χ1v) is 20.7. The van der Waals surface area contributed by atoms with Crippen molar-refractivity contribution in [3.8, 4) is 23.7 Å². The first kappa shape index (κ1) is 39.5. The normalized spacial score (nSPS) is 12.3. The van der Waals surface area contributed by atoms with Crippen molar-refractivity contribution in [2.75, 3.05) is 0 Å². The highest BCUT2D eigenvalue weighted by atomic mass is 16.3. The molecule has 0 saturated heterocycles. The van der Waals surface area contributed by atoms with Gasteiger partial charge in [-0.15, -0.1) is 0 Å². The lowest BCUT2D eigenvalue weighted by atomic mass is 9.68. The third-order valence-corrected chi connectivity index (χ3v) is 11.3. The maximum atomic E-state index is 12.9. The Balaban J connectivity index is 1.46. The molecule has 0 heterocycles. The molecule has 8 aromatic rings. The van der Waals surface area contributed by atoms with Gasteiger partial charge in [-0.25, -0.2) is 0 Å². The summed E-state index contributed by atoms with van der Waals surface area (Å²) in [7, 11) is 0. The van der Waals surface area contributed by atoms with Gasteiger partial charge in [0, 0.05) is 44.5 Å². The summed E-state index contributed by atoms with van der Waals surface area (Å²) in [4.78, 5) is 0. The van der Waals surface area contributed by atoms with E-state index in [4.69, 9.17) is 0 Å². The van der Waals surface area contributed by atoms with Crippen LogP contribution in [0.2, 0.25) is 0 Å². The Kier molecular flexibility index (Phi) is 11.3. The molecule has 0 bridgehead atoms. The molecule has 0 aromatic heterocycles. The zero-order valence-electron chi connectivity index (χ0n) is 34.0. The van der Waals surface area contributed by atoms with Gasteiger partial charge in [0.25, 0.3) is 0 Å². The molecule has 294 valence electrons. The molecule has 8 aromatic carbocycles. The van der Waals surface area contributed by atoms with Crippen LogP contribution >= 0.6 is 0 Å². The molecule has 0 saturated carbocycles. The van der Waals surface area contributed by atoms with E-state index in [-0.39, 0.29) is 0 Å². The Labute approximate surface area is 364 Å². The average Bonchev–Trinajstić information content (AvgIpc) is 3.35. The summed E-state index contributed by atoms with van der Waals surface area (Å²) in [5.41, 5.74) is 8.34. The van der Waals surface area contributed by atoms with Crippen LogP contribution in [0.4, 0.5) is 0 Å².